The number of benzene rings is 2. The van der Waals surface area contributed by atoms with Crippen LogP contribution in [0.1, 0.15) is 21.7 Å². The van der Waals surface area contributed by atoms with Gasteiger partial charge in [0.05, 0.1) is 0 Å². The molecular weight excluding hydrogens is 402 g/mol. The molecule has 9 heteroatoms. The fourth-order valence-electron chi connectivity index (χ4n) is 3.14. The van der Waals surface area contributed by atoms with Crippen molar-refractivity contribution in [2.24, 2.45) is 0 Å². The number of aromatic nitrogens is 3. The average Bonchev–Trinajstić information content (AvgIpc) is 3.27. The number of hydrazine groups is 1. The van der Waals surface area contributed by atoms with Gasteiger partial charge in [-0.1, -0.05) is 48.0 Å². The van der Waals surface area contributed by atoms with Crippen molar-refractivity contribution in [1.82, 2.24) is 25.6 Å². The highest BCUT2D eigenvalue weighted by Gasteiger charge is 2.18. The van der Waals surface area contributed by atoms with E-state index in [-0.39, 0.29) is 12.3 Å². The molecule has 0 fully saturated rings. The first-order chi connectivity index (χ1) is 14.4. The maximum absolute atomic E-state index is 12.5. The molecule has 0 aliphatic rings. The first-order valence-corrected chi connectivity index (χ1v) is 9.64. The number of furan rings is 1. The minimum absolute atomic E-state index is 0.113. The molecule has 2 aromatic heterocycles. The maximum Gasteiger partial charge on any atom is 0.305 e. The molecule has 0 aliphatic carbocycles. The van der Waals surface area contributed by atoms with Crippen LogP contribution in [0, 0.1) is 18.6 Å². The molecule has 0 spiro atoms. The third-order valence-electron chi connectivity index (χ3n) is 4.74. The highest BCUT2D eigenvalue weighted by molar-refractivity contribution is 7.71. The lowest BCUT2D eigenvalue weighted by atomic mass is 10.1. The SMILES string of the molecule is Cc1ccc(-c2n[nH]c(=S)n2CC(=O)NNC(=O)c2oc3ccccc3c2C)cc1. The minimum atomic E-state index is -0.536. The Morgan fingerprint density at radius 3 is 2.57 bits per heavy atom. The van der Waals surface area contributed by atoms with E-state index >= 15 is 0 Å². The van der Waals surface area contributed by atoms with E-state index in [9.17, 15) is 9.59 Å². The Morgan fingerprint density at radius 1 is 1.10 bits per heavy atom. The van der Waals surface area contributed by atoms with Crippen molar-refractivity contribution in [1.29, 1.82) is 0 Å². The van der Waals surface area contributed by atoms with Crippen molar-refractivity contribution < 1.29 is 14.0 Å². The van der Waals surface area contributed by atoms with Crippen LogP contribution >= 0.6 is 12.2 Å². The number of nitrogens with zero attached hydrogens (tertiary/aromatic N) is 2. The summed E-state index contributed by atoms with van der Waals surface area (Å²) in [5, 5.41) is 7.76. The maximum atomic E-state index is 12.5. The second-order valence-electron chi connectivity index (χ2n) is 6.86. The smallest absolute Gasteiger partial charge is 0.305 e. The molecule has 30 heavy (non-hydrogen) atoms. The van der Waals surface area contributed by atoms with Gasteiger partial charge < -0.3 is 4.42 Å². The quantitative estimate of drug-likeness (QED) is 0.346. The zero-order valence-electron chi connectivity index (χ0n) is 16.4. The van der Waals surface area contributed by atoms with E-state index in [1.54, 1.807) is 17.6 Å². The monoisotopic (exact) mass is 421 g/mol. The first-order valence-electron chi connectivity index (χ1n) is 9.23. The van der Waals surface area contributed by atoms with E-state index in [2.05, 4.69) is 21.0 Å². The number of nitrogens with one attached hydrogen (secondary N) is 3. The molecule has 3 N–H and O–H groups in total. The number of carbonyl (C=O) groups excluding carboxylic acids is 2. The third-order valence-corrected chi connectivity index (χ3v) is 5.05. The number of H-pyrrole nitrogens is 1. The molecule has 4 aromatic rings. The van der Waals surface area contributed by atoms with Crippen LogP contribution in [0.2, 0.25) is 0 Å². The number of carbonyl (C=O) groups is 2. The van der Waals surface area contributed by atoms with E-state index in [1.807, 2.05) is 49.4 Å². The van der Waals surface area contributed by atoms with Crippen molar-refractivity contribution in [3.63, 3.8) is 0 Å². The Balaban J connectivity index is 1.46. The van der Waals surface area contributed by atoms with Gasteiger partial charge in [0.25, 0.3) is 5.91 Å². The molecule has 0 saturated carbocycles. The molecule has 0 aliphatic heterocycles. The zero-order chi connectivity index (χ0) is 21.3. The number of hydrogen-bond donors (Lipinski definition) is 3. The summed E-state index contributed by atoms with van der Waals surface area (Å²) in [7, 11) is 0. The van der Waals surface area contributed by atoms with Crippen LogP contribution in [0.4, 0.5) is 0 Å². The number of amides is 2. The largest absolute Gasteiger partial charge is 0.451 e. The second-order valence-corrected chi connectivity index (χ2v) is 7.25. The van der Waals surface area contributed by atoms with E-state index in [0.29, 0.717) is 21.7 Å². The van der Waals surface area contributed by atoms with Crippen LogP contribution in [0.15, 0.2) is 52.9 Å². The highest BCUT2D eigenvalue weighted by atomic mass is 32.1. The second kappa shape index (κ2) is 7.96. The molecule has 0 bridgehead atoms. The zero-order valence-corrected chi connectivity index (χ0v) is 17.2. The number of rotatable bonds is 4. The van der Waals surface area contributed by atoms with E-state index in [4.69, 9.17) is 16.6 Å². The molecule has 4 rings (SSSR count). The summed E-state index contributed by atoms with van der Waals surface area (Å²) in [4.78, 5) is 24.9. The number of fused-ring (bicyclic) bond motifs is 1. The molecule has 2 heterocycles. The predicted molar refractivity (Wildman–Crippen MR) is 114 cm³/mol. The summed E-state index contributed by atoms with van der Waals surface area (Å²) in [6.07, 6.45) is 0. The summed E-state index contributed by atoms with van der Waals surface area (Å²) in [5.41, 5.74) is 8.04. The van der Waals surface area contributed by atoms with Crippen LogP contribution in [0.25, 0.3) is 22.4 Å². The number of aryl methyl sites for hydroxylation is 2. The van der Waals surface area contributed by atoms with Crippen molar-refractivity contribution in [2.45, 2.75) is 20.4 Å². The molecule has 2 amide bonds. The van der Waals surface area contributed by atoms with Crippen molar-refractivity contribution in [3.8, 4) is 11.4 Å². The lowest BCUT2D eigenvalue weighted by Crippen LogP contribution is -2.43. The highest BCUT2D eigenvalue weighted by Crippen LogP contribution is 2.24. The molecule has 2 aromatic carbocycles. The van der Waals surface area contributed by atoms with Crippen LogP contribution in [-0.2, 0) is 11.3 Å². The van der Waals surface area contributed by atoms with Gasteiger partial charge in [0.1, 0.15) is 12.1 Å². The van der Waals surface area contributed by atoms with Gasteiger partial charge in [-0.25, -0.2) is 0 Å². The summed E-state index contributed by atoms with van der Waals surface area (Å²) in [5.74, 6) is -0.305. The molecule has 8 nitrogen and oxygen atoms in total. The van der Waals surface area contributed by atoms with Gasteiger partial charge in [0.2, 0.25) is 0 Å². The molecule has 0 radical (unpaired) electrons. The average molecular weight is 421 g/mol. The number of aromatic amines is 1. The fourth-order valence-corrected chi connectivity index (χ4v) is 3.34. The Bertz CT molecular complexity index is 1300. The normalized spacial score (nSPS) is 10.9. The van der Waals surface area contributed by atoms with E-state index in [0.717, 1.165) is 16.5 Å². The van der Waals surface area contributed by atoms with Gasteiger partial charge in [0.15, 0.2) is 16.4 Å². The summed E-state index contributed by atoms with van der Waals surface area (Å²) >= 11 is 5.25. The van der Waals surface area contributed by atoms with Crippen LogP contribution in [0.3, 0.4) is 0 Å². The molecule has 0 unspecified atom stereocenters. The topological polar surface area (TPSA) is 105 Å². The summed E-state index contributed by atoms with van der Waals surface area (Å²) in [6.45, 7) is 3.67. The van der Waals surface area contributed by atoms with E-state index < -0.39 is 11.8 Å². The van der Waals surface area contributed by atoms with Gasteiger partial charge in [0, 0.05) is 16.5 Å². The lowest BCUT2D eigenvalue weighted by molar-refractivity contribution is -0.122. The standard InChI is InChI=1S/C21H19N5O3S/c1-12-7-9-14(10-8-12)19-23-25-21(30)26(19)11-17(27)22-24-20(28)18-13(2)15-5-3-4-6-16(15)29-18/h3-10H,11H2,1-2H3,(H,22,27)(H,24,28)(H,25,30). The minimum Gasteiger partial charge on any atom is -0.451 e. The van der Waals surface area contributed by atoms with E-state index in [1.165, 1.54) is 0 Å². The van der Waals surface area contributed by atoms with Crippen LogP contribution in [0.5, 0.6) is 0 Å². The van der Waals surface area contributed by atoms with Crippen LogP contribution < -0.4 is 10.9 Å². The summed E-state index contributed by atoms with van der Waals surface area (Å²) < 4.78 is 7.47. The van der Waals surface area contributed by atoms with Gasteiger partial charge in [-0.3, -0.25) is 30.1 Å². The Hall–Kier alpha value is -3.72. The summed E-state index contributed by atoms with van der Waals surface area (Å²) in [6, 6.07) is 15.1. The van der Waals surface area contributed by atoms with Crippen molar-refractivity contribution in [2.75, 3.05) is 0 Å². The molecular formula is C21H19N5O3S. The Morgan fingerprint density at radius 2 is 1.83 bits per heavy atom. The van der Waals surface area contributed by atoms with Gasteiger partial charge in [-0.05, 0) is 32.1 Å². The molecule has 0 atom stereocenters. The van der Waals surface area contributed by atoms with Crippen molar-refractivity contribution >= 4 is 35.0 Å². The fraction of sp³-hybridized carbons (Fsp3) is 0.143. The van der Waals surface area contributed by atoms with Gasteiger partial charge in [-0.15, -0.1) is 0 Å². The number of hydrogen-bond acceptors (Lipinski definition) is 5. The van der Waals surface area contributed by atoms with Gasteiger partial charge in [-0.2, -0.15) is 5.10 Å². The predicted octanol–water partition coefficient (Wildman–Crippen LogP) is 3.43. The van der Waals surface area contributed by atoms with Crippen LogP contribution in [-0.4, -0.2) is 26.6 Å². The van der Waals surface area contributed by atoms with Crippen molar-refractivity contribution in [3.05, 3.63) is 70.2 Å². The number of para-hydroxylation sites is 1. The first kappa shape index (κ1) is 19.6. The third kappa shape index (κ3) is 3.74. The lowest BCUT2D eigenvalue weighted by Gasteiger charge is -2.09. The van der Waals surface area contributed by atoms with Gasteiger partial charge >= 0.3 is 5.91 Å². The molecule has 152 valence electrons. The Labute approximate surface area is 176 Å². The molecule has 0 saturated heterocycles. The Kier molecular flexibility index (Phi) is 5.20.